The second-order valence-corrected chi connectivity index (χ2v) is 13.1. The van der Waals surface area contributed by atoms with E-state index < -0.39 is 102 Å². The summed E-state index contributed by atoms with van der Waals surface area (Å²) >= 11 is 0. The summed E-state index contributed by atoms with van der Waals surface area (Å²) in [6, 6.07) is 4.24. The standard InChI is InChI=1S/C34H39NO14/c1-14(13-36)46-33(41)34(42)11-17-23(29(40)25-24(27(17)38)26(37)16-6-5-7-19(43-3)22(16)28(25)39)20(12-34)48-21-10-18-30(15(2)47-21)49-31-32(44-4)45-9-8-35(18)31/h5-7,14-15,18,20-21,30-32,36,38,40,42H,8-13H2,1-4H3/t14?,15-,18-,20-,21-,30+,31+,32-,34-/m0/s1. The molecule has 1 unspecified atom stereocenters. The minimum Gasteiger partial charge on any atom is -0.507 e. The van der Waals surface area contributed by atoms with Crippen molar-refractivity contribution < 1.29 is 68.0 Å². The zero-order chi connectivity index (χ0) is 34.9. The molecule has 0 amide bonds. The number of hydrogen-bond donors (Lipinski definition) is 4. The number of carbonyl (C=O) groups is 3. The Balaban J connectivity index is 1.30. The number of esters is 1. The number of hydrogen-bond acceptors (Lipinski definition) is 15. The number of rotatable bonds is 7. The second kappa shape index (κ2) is 12.6. The Morgan fingerprint density at radius 3 is 2.57 bits per heavy atom. The van der Waals surface area contributed by atoms with Crippen LogP contribution in [0.4, 0.5) is 0 Å². The molecule has 49 heavy (non-hydrogen) atoms. The molecule has 3 heterocycles. The number of aliphatic hydroxyl groups is 2. The molecule has 4 N–H and O–H groups in total. The van der Waals surface area contributed by atoms with Gasteiger partial charge in [0.2, 0.25) is 5.78 Å². The van der Waals surface area contributed by atoms with Crippen LogP contribution in [0, 0.1) is 0 Å². The maximum atomic E-state index is 14.0. The summed E-state index contributed by atoms with van der Waals surface area (Å²) in [4.78, 5) is 43.3. The van der Waals surface area contributed by atoms with Gasteiger partial charge in [-0.3, -0.25) is 14.5 Å². The van der Waals surface area contributed by atoms with Crippen LogP contribution in [0.25, 0.3) is 0 Å². The van der Waals surface area contributed by atoms with Crippen LogP contribution in [0.1, 0.15) is 75.8 Å². The minimum atomic E-state index is -2.33. The van der Waals surface area contributed by atoms with E-state index in [0.717, 1.165) is 0 Å². The predicted molar refractivity (Wildman–Crippen MR) is 164 cm³/mol. The molecule has 0 bridgehead atoms. The van der Waals surface area contributed by atoms with Gasteiger partial charge in [-0.1, -0.05) is 12.1 Å². The van der Waals surface area contributed by atoms with E-state index in [1.165, 1.54) is 39.3 Å². The number of phenolic OH excluding ortho intramolecular Hbond substituents is 2. The van der Waals surface area contributed by atoms with Crippen LogP contribution in [-0.4, -0.2) is 126 Å². The number of aliphatic hydroxyl groups excluding tert-OH is 1. The summed E-state index contributed by atoms with van der Waals surface area (Å²) in [5.41, 5.74) is -3.61. The molecule has 7 rings (SSSR count). The van der Waals surface area contributed by atoms with Gasteiger partial charge in [0.05, 0.1) is 49.2 Å². The Morgan fingerprint density at radius 1 is 1.10 bits per heavy atom. The van der Waals surface area contributed by atoms with Crippen LogP contribution >= 0.6 is 0 Å². The first-order chi connectivity index (χ1) is 23.4. The van der Waals surface area contributed by atoms with Gasteiger partial charge in [-0.2, -0.15) is 0 Å². The lowest BCUT2D eigenvalue weighted by atomic mass is 9.73. The molecule has 15 heteroatoms. The Kier molecular flexibility index (Phi) is 8.68. The lowest BCUT2D eigenvalue weighted by molar-refractivity contribution is -0.256. The smallest absolute Gasteiger partial charge is 0.338 e. The lowest BCUT2D eigenvalue weighted by Gasteiger charge is -2.43. The molecule has 9 atom stereocenters. The average molecular weight is 686 g/mol. The molecule has 0 aromatic heterocycles. The van der Waals surface area contributed by atoms with Gasteiger partial charge in [-0.05, 0) is 19.9 Å². The maximum Gasteiger partial charge on any atom is 0.338 e. The van der Waals surface area contributed by atoms with Gasteiger partial charge in [0.1, 0.15) is 29.5 Å². The molecule has 5 aliphatic rings. The summed E-state index contributed by atoms with van der Waals surface area (Å²) in [5, 5.41) is 44.9. The van der Waals surface area contributed by atoms with Crippen LogP contribution in [0.3, 0.4) is 0 Å². The van der Waals surface area contributed by atoms with Gasteiger partial charge >= 0.3 is 5.97 Å². The van der Waals surface area contributed by atoms with Crippen molar-refractivity contribution in [1.82, 2.24) is 4.90 Å². The normalized spacial score (nSPS) is 32.7. The van der Waals surface area contributed by atoms with E-state index in [4.69, 9.17) is 33.2 Å². The van der Waals surface area contributed by atoms with E-state index in [1.807, 2.05) is 6.92 Å². The predicted octanol–water partition coefficient (Wildman–Crippen LogP) is 1.07. The first kappa shape index (κ1) is 33.8. The third-order valence-electron chi connectivity index (χ3n) is 10.1. The van der Waals surface area contributed by atoms with Gasteiger partial charge in [0, 0.05) is 55.6 Å². The van der Waals surface area contributed by atoms with Crippen molar-refractivity contribution >= 4 is 17.5 Å². The fraction of sp³-hybridized carbons (Fsp3) is 0.559. The fourth-order valence-electron chi connectivity index (χ4n) is 7.82. The van der Waals surface area contributed by atoms with Crippen LogP contribution in [-0.2, 0) is 39.6 Å². The van der Waals surface area contributed by atoms with Crippen molar-refractivity contribution in [3.8, 4) is 17.2 Å². The Morgan fingerprint density at radius 2 is 1.86 bits per heavy atom. The quantitative estimate of drug-likeness (QED) is 0.203. The molecule has 15 nitrogen and oxygen atoms in total. The molecule has 3 saturated heterocycles. The van der Waals surface area contributed by atoms with E-state index >= 15 is 0 Å². The molecule has 0 spiro atoms. The van der Waals surface area contributed by atoms with Gasteiger partial charge in [-0.25, -0.2) is 4.79 Å². The number of ketones is 2. The average Bonchev–Trinajstić information content (AvgIpc) is 3.47. The molecular weight excluding hydrogens is 646 g/mol. The SMILES string of the molecule is COc1cccc2c1C(=O)c1c(O)c3c(c(O)c1C2=O)C[C@@](O)(C(=O)OC(C)CO)C[C@@H]3O[C@H]1C[C@H]2[C@H](O[C@@H]3[C@@H](OC)OCCN32)[C@H](C)O1. The van der Waals surface area contributed by atoms with E-state index in [2.05, 4.69) is 4.90 Å². The maximum absolute atomic E-state index is 14.0. The number of methoxy groups -OCH3 is 2. The number of ether oxygens (including phenoxy) is 7. The molecule has 3 aliphatic heterocycles. The number of benzene rings is 2. The van der Waals surface area contributed by atoms with Crippen molar-refractivity contribution in [3.63, 3.8) is 0 Å². The Labute approximate surface area is 281 Å². The van der Waals surface area contributed by atoms with Crippen LogP contribution in [0.15, 0.2) is 18.2 Å². The molecule has 264 valence electrons. The molecule has 3 fully saturated rings. The first-order valence-corrected chi connectivity index (χ1v) is 16.2. The van der Waals surface area contributed by atoms with Crippen LogP contribution < -0.4 is 4.74 Å². The summed E-state index contributed by atoms with van der Waals surface area (Å²) in [7, 11) is 2.88. The third-order valence-corrected chi connectivity index (χ3v) is 10.1. The highest BCUT2D eigenvalue weighted by molar-refractivity contribution is 6.31. The summed E-state index contributed by atoms with van der Waals surface area (Å²) in [6.07, 6.45) is -5.98. The fourth-order valence-corrected chi connectivity index (χ4v) is 7.82. The molecule has 2 aromatic rings. The van der Waals surface area contributed by atoms with E-state index in [9.17, 15) is 34.8 Å². The van der Waals surface area contributed by atoms with Crippen molar-refractivity contribution in [2.75, 3.05) is 34.0 Å². The van der Waals surface area contributed by atoms with Crippen molar-refractivity contribution in [3.05, 3.63) is 51.6 Å². The van der Waals surface area contributed by atoms with Crippen molar-refractivity contribution in [1.29, 1.82) is 0 Å². The second-order valence-electron chi connectivity index (χ2n) is 13.1. The Bertz CT molecular complexity index is 1700. The molecular formula is C34H39NO14. The minimum absolute atomic E-state index is 0.0448. The van der Waals surface area contributed by atoms with Gasteiger partial charge in [0.25, 0.3) is 0 Å². The molecule has 0 saturated carbocycles. The summed E-state index contributed by atoms with van der Waals surface area (Å²) in [5.74, 6) is -3.83. The van der Waals surface area contributed by atoms with E-state index in [-0.39, 0.29) is 46.6 Å². The monoisotopic (exact) mass is 685 g/mol. The first-order valence-electron chi connectivity index (χ1n) is 16.2. The Hall–Kier alpha value is -3.67. The van der Waals surface area contributed by atoms with E-state index in [1.54, 1.807) is 0 Å². The number of aromatic hydroxyl groups is 2. The summed E-state index contributed by atoms with van der Waals surface area (Å²) < 4.78 is 40.8. The number of phenols is 2. The number of carbonyl (C=O) groups excluding carboxylic acids is 3. The number of nitrogens with zero attached hydrogens (tertiary/aromatic N) is 1. The molecule has 2 aliphatic carbocycles. The van der Waals surface area contributed by atoms with Crippen molar-refractivity contribution in [2.24, 2.45) is 0 Å². The van der Waals surface area contributed by atoms with Crippen LogP contribution in [0.5, 0.6) is 17.2 Å². The summed E-state index contributed by atoms with van der Waals surface area (Å²) in [6.45, 7) is 3.73. The van der Waals surface area contributed by atoms with Crippen LogP contribution in [0.2, 0.25) is 0 Å². The van der Waals surface area contributed by atoms with Gasteiger partial charge < -0.3 is 53.6 Å². The third kappa shape index (κ3) is 5.31. The van der Waals surface area contributed by atoms with Gasteiger partial charge in [0.15, 0.2) is 30.2 Å². The van der Waals surface area contributed by atoms with Gasteiger partial charge in [-0.15, -0.1) is 0 Å². The molecule has 2 aromatic carbocycles. The number of fused-ring (bicyclic) bond motifs is 6. The lowest BCUT2D eigenvalue weighted by Crippen LogP contribution is -2.55. The number of morpholine rings is 1. The zero-order valence-corrected chi connectivity index (χ0v) is 27.4. The topological polar surface area (TPSA) is 200 Å². The molecule has 0 radical (unpaired) electrons. The van der Waals surface area contributed by atoms with E-state index in [0.29, 0.717) is 13.2 Å². The highest BCUT2D eigenvalue weighted by Gasteiger charge is 2.55. The highest BCUT2D eigenvalue weighted by atomic mass is 16.7. The zero-order valence-electron chi connectivity index (χ0n) is 27.4. The van der Waals surface area contributed by atoms with Crippen molar-refractivity contribution in [2.45, 2.75) is 88.0 Å². The highest BCUT2D eigenvalue weighted by Crippen LogP contribution is 2.53. The largest absolute Gasteiger partial charge is 0.507 e.